The second-order valence-electron chi connectivity index (χ2n) is 5.88. The Morgan fingerprint density at radius 1 is 1.31 bits per heavy atom. The number of nitro benzene ring substituents is 1. The number of nitrogens with zero attached hydrogens (tertiary/aromatic N) is 3. The van der Waals surface area contributed by atoms with Crippen LogP contribution in [0, 0.1) is 10.1 Å². The fourth-order valence-electron chi connectivity index (χ4n) is 2.77. The molecule has 0 radical (unpaired) electrons. The molecule has 0 unspecified atom stereocenters. The van der Waals surface area contributed by atoms with E-state index >= 15 is 0 Å². The molecule has 1 amide bonds. The van der Waals surface area contributed by atoms with E-state index in [2.05, 4.69) is 11.6 Å². The Hall–Kier alpha value is -3.59. The van der Waals surface area contributed by atoms with Crippen LogP contribution in [0.2, 0.25) is 0 Å². The van der Waals surface area contributed by atoms with E-state index in [1.807, 2.05) is 0 Å². The highest BCUT2D eigenvalue weighted by molar-refractivity contribution is 7.16. The third-order valence-electron chi connectivity index (χ3n) is 4.03. The smallest absolute Gasteiger partial charge is 0.338 e. The number of rotatable bonds is 6. The molecule has 2 aromatic carbocycles. The van der Waals surface area contributed by atoms with Gasteiger partial charge in [0.1, 0.15) is 5.56 Å². The van der Waals surface area contributed by atoms with E-state index in [4.69, 9.17) is 4.74 Å². The maximum atomic E-state index is 12.7. The van der Waals surface area contributed by atoms with Crippen LogP contribution in [0.25, 0.3) is 10.2 Å². The molecular formula is C20H17N3O5S. The number of thiazole rings is 1. The maximum absolute atomic E-state index is 12.7. The number of hydrogen-bond donors (Lipinski definition) is 0. The first kappa shape index (κ1) is 20.2. The molecule has 1 heterocycles. The molecule has 0 spiro atoms. The number of esters is 1. The van der Waals surface area contributed by atoms with E-state index in [1.165, 1.54) is 29.5 Å². The van der Waals surface area contributed by atoms with Crippen molar-refractivity contribution in [3.63, 3.8) is 0 Å². The van der Waals surface area contributed by atoms with Crippen LogP contribution >= 0.6 is 11.3 Å². The molecule has 3 rings (SSSR count). The summed E-state index contributed by atoms with van der Waals surface area (Å²) in [5, 5.41) is 11.2. The molecule has 0 saturated carbocycles. The number of ether oxygens (including phenoxy) is 1. The molecule has 0 N–H and O–H groups in total. The Morgan fingerprint density at radius 2 is 2.07 bits per heavy atom. The molecule has 0 fully saturated rings. The lowest BCUT2D eigenvalue weighted by Gasteiger charge is -2.03. The molecule has 148 valence electrons. The number of allylic oxidation sites excluding steroid dienone is 1. The highest BCUT2D eigenvalue weighted by Gasteiger charge is 2.19. The normalized spacial score (nSPS) is 11.4. The van der Waals surface area contributed by atoms with Gasteiger partial charge in [-0.15, -0.1) is 6.58 Å². The van der Waals surface area contributed by atoms with Crippen LogP contribution in [-0.4, -0.2) is 28.0 Å². The van der Waals surface area contributed by atoms with Crippen LogP contribution in [0.3, 0.4) is 0 Å². The van der Waals surface area contributed by atoms with Crippen LogP contribution in [0.1, 0.15) is 27.6 Å². The van der Waals surface area contributed by atoms with E-state index in [9.17, 15) is 19.7 Å². The lowest BCUT2D eigenvalue weighted by atomic mass is 10.2. The zero-order valence-electron chi connectivity index (χ0n) is 15.5. The number of fused-ring (bicyclic) bond motifs is 1. The molecule has 3 aromatic rings. The molecule has 0 aliphatic carbocycles. The zero-order chi connectivity index (χ0) is 21.0. The number of hydrogen-bond acceptors (Lipinski definition) is 6. The van der Waals surface area contributed by atoms with Crippen LogP contribution in [-0.2, 0) is 11.3 Å². The standard InChI is InChI=1S/C20H17N3O5S/c1-3-11-22-16-10-9-13(19(25)28-4-2)12-17(16)29-20(22)21-18(24)14-7-5-6-8-15(14)23(26)27/h3,5-10,12H,1,4,11H2,2H3. The van der Waals surface area contributed by atoms with Gasteiger partial charge < -0.3 is 9.30 Å². The van der Waals surface area contributed by atoms with Gasteiger partial charge in [0.2, 0.25) is 0 Å². The maximum Gasteiger partial charge on any atom is 0.338 e. The van der Waals surface area contributed by atoms with Crippen molar-refractivity contribution in [2.24, 2.45) is 4.99 Å². The van der Waals surface area contributed by atoms with Gasteiger partial charge in [-0.1, -0.05) is 29.5 Å². The number of carbonyl (C=O) groups is 2. The minimum atomic E-state index is -0.715. The minimum absolute atomic E-state index is 0.0904. The van der Waals surface area contributed by atoms with Crippen molar-refractivity contribution in [1.29, 1.82) is 0 Å². The number of aromatic nitrogens is 1. The van der Waals surface area contributed by atoms with Gasteiger partial charge in [0, 0.05) is 12.6 Å². The van der Waals surface area contributed by atoms with Gasteiger partial charge in [0.05, 0.1) is 27.3 Å². The molecule has 0 atom stereocenters. The van der Waals surface area contributed by atoms with Crippen molar-refractivity contribution in [2.75, 3.05) is 6.61 Å². The Labute approximate surface area is 169 Å². The lowest BCUT2D eigenvalue weighted by molar-refractivity contribution is -0.385. The Kier molecular flexibility index (Phi) is 5.99. The molecule has 0 aliphatic rings. The largest absolute Gasteiger partial charge is 0.462 e. The van der Waals surface area contributed by atoms with E-state index in [0.717, 1.165) is 10.2 Å². The van der Waals surface area contributed by atoms with Gasteiger partial charge in [0.15, 0.2) is 4.80 Å². The quantitative estimate of drug-likeness (QED) is 0.266. The van der Waals surface area contributed by atoms with Crippen LogP contribution in [0.4, 0.5) is 5.69 Å². The summed E-state index contributed by atoms with van der Waals surface area (Å²) in [7, 11) is 0. The highest BCUT2D eigenvalue weighted by atomic mass is 32.1. The number of para-hydroxylation sites is 1. The van der Waals surface area contributed by atoms with Crippen molar-refractivity contribution in [3.8, 4) is 0 Å². The van der Waals surface area contributed by atoms with Crippen molar-refractivity contribution in [3.05, 3.63) is 81.2 Å². The fraction of sp³-hybridized carbons (Fsp3) is 0.150. The van der Waals surface area contributed by atoms with Crippen molar-refractivity contribution < 1.29 is 19.2 Å². The first-order chi connectivity index (χ1) is 14.0. The molecular weight excluding hydrogens is 394 g/mol. The summed E-state index contributed by atoms with van der Waals surface area (Å²) < 4.78 is 7.51. The highest BCUT2D eigenvalue weighted by Crippen LogP contribution is 2.21. The first-order valence-electron chi connectivity index (χ1n) is 8.70. The summed E-state index contributed by atoms with van der Waals surface area (Å²) in [6.45, 7) is 6.09. The molecule has 0 aliphatic heterocycles. The fourth-order valence-corrected chi connectivity index (χ4v) is 3.84. The van der Waals surface area contributed by atoms with E-state index in [-0.39, 0.29) is 17.9 Å². The molecule has 9 heteroatoms. The summed E-state index contributed by atoms with van der Waals surface area (Å²) in [6.07, 6.45) is 1.65. The summed E-state index contributed by atoms with van der Waals surface area (Å²) in [6, 6.07) is 10.7. The summed E-state index contributed by atoms with van der Waals surface area (Å²) in [5.41, 5.74) is 0.759. The number of carbonyl (C=O) groups excluding carboxylic acids is 2. The Balaban J connectivity index is 2.14. The predicted molar refractivity (Wildman–Crippen MR) is 109 cm³/mol. The molecule has 8 nitrogen and oxygen atoms in total. The number of amides is 1. The predicted octanol–water partition coefficient (Wildman–Crippen LogP) is 3.71. The zero-order valence-corrected chi connectivity index (χ0v) is 16.3. The van der Waals surface area contributed by atoms with Gasteiger partial charge in [-0.2, -0.15) is 4.99 Å². The summed E-state index contributed by atoms with van der Waals surface area (Å²) >= 11 is 1.20. The monoisotopic (exact) mass is 411 g/mol. The Bertz CT molecular complexity index is 1190. The average Bonchev–Trinajstić information content (AvgIpc) is 3.04. The molecule has 1 aromatic heterocycles. The summed E-state index contributed by atoms with van der Waals surface area (Å²) in [4.78, 5) is 39.7. The third-order valence-corrected chi connectivity index (χ3v) is 5.08. The van der Waals surface area contributed by atoms with Crippen molar-refractivity contribution in [1.82, 2.24) is 4.57 Å². The molecule has 29 heavy (non-hydrogen) atoms. The van der Waals surface area contributed by atoms with Gasteiger partial charge in [-0.25, -0.2) is 4.79 Å². The van der Waals surface area contributed by atoms with Gasteiger partial charge in [-0.3, -0.25) is 14.9 Å². The Morgan fingerprint density at radius 3 is 2.76 bits per heavy atom. The van der Waals surface area contributed by atoms with Gasteiger partial charge in [-0.05, 0) is 31.2 Å². The number of nitro groups is 1. The van der Waals surface area contributed by atoms with Gasteiger partial charge in [0.25, 0.3) is 11.6 Å². The SMILES string of the molecule is C=CCn1c(=NC(=O)c2ccccc2[N+](=O)[O-])sc2cc(C(=O)OCC)ccc21. The van der Waals surface area contributed by atoms with Crippen LogP contribution in [0.15, 0.2) is 60.1 Å². The van der Waals surface area contributed by atoms with E-state index in [0.29, 0.717) is 16.9 Å². The topological polar surface area (TPSA) is 104 Å². The summed E-state index contributed by atoms with van der Waals surface area (Å²) in [5.74, 6) is -1.15. The minimum Gasteiger partial charge on any atom is -0.462 e. The molecule has 0 bridgehead atoms. The second kappa shape index (κ2) is 8.61. The lowest BCUT2D eigenvalue weighted by Crippen LogP contribution is -2.16. The van der Waals surface area contributed by atoms with Crippen LogP contribution < -0.4 is 4.80 Å². The van der Waals surface area contributed by atoms with Crippen LogP contribution in [0.5, 0.6) is 0 Å². The van der Waals surface area contributed by atoms with Crippen molar-refractivity contribution in [2.45, 2.75) is 13.5 Å². The van der Waals surface area contributed by atoms with Crippen molar-refractivity contribution >= 4 is 39.1 Å². The van der Waals surface area contributed by atoms with E-state index in [1.54, 1.807) is 41.8 Å². The second-order valence-corrected chi connectivity index (χ2v) is 6.89. The first-order valence-corrected chi connectivity index (χ1v) is 9.51. The average molecular weight is 411 g/mol. The van der Waals surface area contributed by atoms with Gasteiger partial charge >= 0.3 is 5.97 Å². The molecule has 0 saturated heterocycles. The number of benzene rings is 2. The third kappa shape index (κ3) is 4.14. The van der Waals surface area contributed by atoms with E-state index < -0.39 is 16.8 Å².